The molecule has 2 aromatic carbocycles. The second-order valence-electron chi connectivity index (χ2n) is 12.1. The molecule has 250 valence electrons. The molecule has 2 N–H and O–H groups in total. The number of nitrogens with zero attached hydrogens (tertiary/aromatic N) is 3. The van der Waals surface area contributed by atoms with E-state index in [9.17, 15) is 19.5 Å². The zero-order chi connectivity index (χ0) is 32.5. The summed E-state index contributed by atoms with van der Waals surface area (Å²) in [6.45, 7) is 4.26. The van der Waals surface area contributed by atoms with Gasteiger partial charge in [0.05, 0.1) is 39.0 Å². The van der Waals surface area contributed by atoms with E-state index in [1.165, 1.54) is 12.0 Å². The molecule has 12 heteroatoms. The quantitative estimate of drug-likeness (QED) is 0.448. The normalized spacial score (nSPS) is 21.7. The van der Waals surface area contributed by atoms with Crippen molar-refractivity contribution >= 4 is 17.7 Å². The topological polar surface area (TPSA) is 130 Å². The van der Waals surface area contributed by atoms with Crippen molar-refractivity contribution in [3.8, 4) is 17.2 Å². The molecule has 2 atom stereocenters. The molecule has 0 spiro atoms. The number of fused-ring (bicyclic) bond motifs is 5. The lowest BCUT2D eigenvalue weighted by molar-refractivity contribution is -0.142. The van der Waals surface area contributed by atoms with Crippen LogP contribution in [-0.4, -0.2) is 123 Å². The van der Waals surface area contributed by atoms with E-state index < -0.39 is 6.04 Å². The molecule has 2 aromatic rings. The summed E-state index contributed by atoms with van der Waals surface area (Å²) < 4.78 is 23.3. The number of ether oxygens (including phenoxy) is 4. The molecule has 3 aliphatic rings. The van der Waals surface area contributed by atoms with Crippen molar-refractivity contribution in [1.29, 1.82) is 0 Å². The molecule has 2 saturated heterocycles. The smallest absolute Gasteiger partial charge is 0.254 e. The predicted molar refractivity (Wildman–Crippen MR) is 170 cm³/mol. The van der Waals surface area contributed by atoms with Crippen LogP contribution >= 0.6 is 0 Å². The molecule has 0 unspecified atom stereocenters. The molecular formula is C34H46N4O8. The third-order valence-electron chi connectivity index (χ3n) is 8.96. The average molecular weight is 639 g/mol. The minimum atomic E-state index is -0.457. The van der Waals surface area contributed by atoms with E-state index in [1.54, 1.807) is 25.3 Å². The van der Waals surface area contributed by atoms with Gasteiger partial charge in [0, 0.05) is 51.4 Å². The largest absolute Gasteiger partial charge is 0.493 e. The monoisotopic (exact) mass is 638 g/mol. The Bertz CT molecular complexity index is 1350. The summed E-state index contributed by atoms with van der Waals surface area (Å²) in [5.74, 6) is 0.717. The molecular weight excluding hydrogens is 592 g/mol. The number of likely N-dealkylation sites (tertiary alicyclic amines) is 2. The molecule has 0 radical (unpaired) electrons. The molecule has 3 amide bonds. The molecule has 4 bridgehead atoms. The van der Waals surface area contributed by atoms with Gasteiger partial charge in [-0.25, -0.2) is 0 Å². The van der Waals surface area contributed by atoms with Crippen LogP contribution in [-0.2, 0) is 25.7 Å². The van der Waals surface area contributed by atoms with Crippen LogP contribution in [0, 0.1) is 5.92 Å². The Morgan fingerprint density at radius 2 is 1.87 bits per heavy atom. The Morgan fingerprint density at radius 1 is 1.04 bits per heavy atom. The Morgan fingerprint density at radius 3 is 2.63 bits per heavy atom. The fourth-order valence-corrected chi connectivity index (χ4v) is 6.39. The summed E-state index contributed by atoms with van der Waals surface area (Å²) in [5, 5.41) is 12.6. The van der Waals surface area contributed by atoms with Gasteiger partial charge in [-0.05, 0) is 74.7 Å². The molecule has 12 nitrogen and oxygen atoms in total. The highest BCUT2D eigenvalue weighted by atomic mass is 16.5. The van der Waals surface area contributed by atoms with E-state index in [0.29, 0.717) is 62.0 Å². The molecule has 0 saturated carbocycles. The number of benzene rings is 2. The van der Waals surface area contributed by atoms with Gasteiger partial charge >= 0.3 is 0 Å². The molecule has 46 heavy (non-hydrogen) atoms. The standard InChI is InChI=1S/C34H46N4O8/c1-43-18-16-36-13-9-25(10-14-36)33(41)38-15-11-29-28(21-38)35-32(40)22-37(12-4-17-39)34(42)26-7-8-30(44-2)31(20-26)46-27-6-3-5-24(19-27)23-45-29/h3,5-8,19-20,25,28-29,39H,4,9-18,21-23H2,1-2H3,(H,35,40)/t28-,29-/m0/s1. The highest BCUT2D eigenvalue weighted by Gasteiger charge is 2.37. The first-order valence-electron chi connectivity index (χ1n) is 16.1. The van der Waals surface area contributed by atoms with E-state index in [-0.39, 0.29) is 49.4 Å². The van der Waals surface area contributed by atoms with Crippen molar-refractivity contribution in [2.45, 2.75) is 44.4 Å². The van der Waals surface area contributed by atoms with E-state index >= 15 is 0 Å². The summed E-state index contributed by atoms with van der Waals surface area (Å²) in [6.07, 6.45) is 2.13. The number of carbonyl (C=O) groups is 3. The molecule has 3 aliphatic heterocycles. The van der Waals surface area contributed by atoms with Crippen LogP contribution in [0.3, 0.4) is 0 Å². The first kappa shape index (κ1) is 33.6. The van der Waals surface area contributed by atoms with Gasteiger partial charge < -0.3 is 44.1 Å². The van der Waals surface area contributed by atoms with Crippen LogP contribution in [0.4, 0.5) is 0 Å². The van der Waals surface area contributed by atoms with Crippen LogP contribution < -0.4 is 14.8 Å². The number of aliphatic hydroxyl groups excluding tert-OH is 1. The summed E-state index contributed by atoms with van der Waals surface area (Å²) in [4.78, 5) is 46.5. The average Bonchev–Trinajstić information content (AvgIpc) is 3.08. The number of amides is 3. The van der Waals surface area contributed by atoms with Gasteiger partial charge in [0.15, 0.2) is 11.5 Å². The first-order chi connectivity index (χ1) is 22.4. The lowest BCUT2D eigenvalue weighted by atomic mass is 9.93. The minimum absolute atomic E-state index is 0.0538. The molecule has 2 fully saturated rings. The molecule has 0 aromatic heterocycles. The fourth-order valence-electron chi connectivity index (χ4n) is 6.39. The Balaban J connectivity index is 1.36. The number of hydrogen-bond donors (Lipinski definition) is 2. The number of piperidine rings is 2. The first-order valence-corrected chi connectivity index (χ1v) is 16.1. The summed E-state index contributed by atoms with van der Waals surface area (Å²) in [7, 11) is 3.22. The third kappa shape index (κ3) is 8.55. The number of aliphatic hydroxyl groups is 1. The van der Waals surface area contributed by atoms with Gasteiger partial charge in [-0.1, -0.05) is 12.1 Å². The number of nitrogens with one attached hydrogen (secondary N) is 1. The van der Waals surface area contributed by atoms with Gasteiger partial charge in [0.25, 0.3) is 5.91 Å². The van der Waals surface area contributed by atoms with Crippen molar-refractivity contribution < 1.29 is 38.4 Å². The van der Waals surface area contributed by atoms with Crippen molar-refractivity contribution in [3.05, 3.63) is 53.6 Å². The number of carbonyl (C=O) groups excluding carboxylic acids is 3. The summed E-state index contributed by atoms with van der Waals surface area (Å²) >= 11 is 0. The van der Waals surface area contributed by atoms with Crippen LogP contribution in [0.25, 0.3) is 0 Å². The third-order valence-corrected chi connectivity index (χ3v) is 8.96. The highest BCUT2D eigenvalue weighted by molar-refractivity contribution is 5.97. The molecule has 3 heterocycles. The van der Waals surface area contributed by atoms with Crippen LogP contribution in [0.2, 0.25) is 0 Å². The maximum absolute atomic E-state index is 13.7. The van der Waals surface area contributed by atoms with Crippen LogP contribution in [0.15, 0.2) is 42.5 Å². The maximum atomic E-state index is 13.7. The number of rotatable bonds is 8. The molecule has 0 aliphatic carbocycles. The van der Waals surface area contributed by atoms with Gasteiger partial charge in [-0.15, -0.1) is 0 Å². The van der Waals surface area contributed by atoms with Crippen molar-refractivity contribution in [2.24, 2.45) is 5.92 Å². The van der Waals surface area contributed by atoms with Crippen molar-refractivity contribution in [3.63, 3.8) is 0 Å². The second kappa shape index (κ2) is 16.2. The fraction of sp³-hybridized carbons (Fsp3) is 0.559. The Labute approximate surface area is 270 Å². The van der Waals surface area contributed by atoms with E-state index in [1.807, 2.05) is 29.2 Å². The number of hydrogen-bond acceptors (Lipinski definition) is 9. The highest BCUT2D eigenvalue weighted by Crippen LogP contribution is 2.33. The van der Waals surface area contributed by atoms with Gasteiger partial charge in [-0.2, -0.15) is 0 Å². The Kier molecular flexibility index (Phi) is 11.9. The number of methoxy groups -OCH3 is 2. The van der Waals surface area contributed by atoms with E-state index in [4.69, 9.17) is 18.9 Å². The van der Waals surface area contributed by atoms with E-state index in [2.05, 4.69) is 10.2 Å². The van der Waals surface area contributed by atoms with Crippen molar-refractivity contribution in [2.75, 3.05) is 73.2 Å². The zero-order valence-corrected chi connectivity index (χ0v) is 26.8. The minimum Gasteiger partial charge on any atom is -0.493 e. The lowest BCUT2D eigenvalue weighted by Gasteiger charge is -2.41. The van der Waals surface area contributed by atoms with Gasteiger partial charge in [-0.3, -0.25) is 14.4 Å². The van der Waals surface area contributed by atoms with Crippen LogP contribution in [0.5, 0.6) is 17.2 Å². The SMILES string of the molecule is COCCN1CCC(C(=O)N2CC[C@@H]3OCc4cccc(c4)Oc4cc(ccc4OC)C(=O)N(CCCO)CC(=O)N[C@H]3C2)CC1. The lowest BCUT2D eigenvalue weighted by Crippen LogP contribution is -2.59. The second-order valence-corrected chi connectivity index (χ2v) is 12.1. The van der Waals surface area contributed by atoms with E-state index in [0.717, 1.165) is 38.0 Å². The maximum Gasteiger partial charge on any atom is 0.254 e. The van der Waals surface area contributed by atoms with Crippen LogP contribution in [0.1, 0.15) is 41.6 Å². The Hall–Kier alpha value is -3.71. The van der Waals surface area contributed by atoms with Crippen molar-refractivity contribution in [1.82, 2.24) is 20.0 Å². The molecule has 5 rings (SSSR count). The summed E-state index contributed by atoms with van der Waals surface area (Å²) in [5.41, 5.74) is 1.21. The van der Waals surface area contributed by atoms with Gasteiger partial charge in [0.1, 0.15) is 5.75 Å². The summed E-state index contributed by atoms with van der Waals surface area (Å²) in [6, 6.07) is 11.9. The predicted octanol–water partition coefficient (Wildman–Crippen LogP) is 2.29. The zero-order valence-electron chi connectivity index (χ0n) is 26.8. The van der Waals surface area contributed by atoms with Gasteiger partial charge in [0.2, 0.25) is 11.8 Å².